The molecule has 2 aromatic carbocycles. The first-order valence-corrected chi connectivity index (χ1v) is 14.1. The zero-order valence-electron chi connectivity index (χ0n) is 23.1. The van der Waals surface area contributed by atoms with Gasteiger partial charge in [-0.3, -0.25) is 9.59 Å². The molecule has 0 fully saturated rings. The maximum atomic E-state index is 13.5. The number of hydrogen-bond acceptors (Lipinski definition) is 5. The number of para-hydroxylation sites is 1. The fourth-order valence-corrected chi connectivity index (χ4v) is 4.79. The lowest BCUT2D eigenvalue weighted by Gasteiger charge is -2.32. The lowest BCUT2D eigenvalue weighted by molar-refractivity contribution is -0.141. The van der Waals surface area contributed by atoms with E-state index in [9.17, 15) is 9.59 Å². The van der Waals surface area contributed by atoms with E-state index >= 15 is 0 Å². The van der Waals surface area contributed by atoms with Gasteiger partial charge in [-0.15, -0.1) is 0 Å². The fraction of sp³-hybridized carbons (Fsp3) is 0.533. The molecule has 2 amide bonds. The van der Waals surface area contributed by atoms with E-state index in [2.05, 4.69) is 35.9 Å². The Morgan fingerprint density at radius 1 is 1.11 bits per heavy atom. The number of likely N-dealkylation sites (N-methyl/N-ethyl adjacent to an activating group) is 1. The van der Waals surface area contributed by atoms with Crippen molar-refractivity contribution in [2.75, 3.05) is 33.3 Å². The van der Waals surface area contributed by atoms with E-state index in [4.69, 9.17) is 16.3 Å². The van der Waals surface area contributed by atoms with Gasteiger partial charge in [-0.25, -0.2) is 0 Å². The van der Waals surface area contributed by atoms with E-state index in [1.165, 1.54) is 5.56 Å². The Kier molecular flexibility index (Phi) is 11.9. The first kappa shape index (κ1) is 29.9. The molecular weight excluding hydrogens is 500 g/mol. The van der Waals surface area contributed by atoms with Crippen LogP contribution in [0.1, 0.15) is 44.7 Å². The normalized spacial score (nSPS) is 23.4. The van der Waals surface area contributed by atoms with Crippen LogP contribution in [0.5, 0.6) is 5.75 Å². The van der Waals surface area contributed by atoms with Crippen molar-refractivity contribution in [3.05, 3.63) is 64.7 Å². The standard InChI is InChI=1S/C30H43ClN4O3/c1-5-21(2)28-30(37)35(4)22(3)29(36)34-26(19-23-12-14-25(31)15-13-23)20-32-16-8-10-24-9-6-7-11-27(24)38-18-17-33-28/h6-7,9,11-15,21-22,26,28,32-33H,5,8,10,16-20H2,1-4H3,(H,34,36)/t21?,22-,26-,28+/m1/s1. The number of ether oxygens (including phenoxy) is 1. The number of aryl methyl sites for hydroxylation is 1. The minimum absolute atomic E-state index is 0.0871. The Bertz CT molecular complexity index is 1030. The predicted octanol–water partition coefficient (Wildman–Crippen LogP) is 3.83. The summed E-state index contributed by atoms with van der Waals surface area (Å²) in [6.07, 6.45) is 3.34. The molecular formula is C30H43ClN4O3. The van der Waals surface area contributed by atoms with E-state index in [-0.39, 0.29) is 23.8 Å². The van der Waals surface area contributed by atoms with Gasteiger partial charge in [-0.2, -0.15) is 0 Å². The monoisotopic (exact) mass is 542 g/mol. The highest BCUT2D eigenvalue weighted by molar-refractivity contribution is 6.30. The van der Waals surface area contributed by atoms with Crippen LogP contribution in [0.2, 0.25) is 5.02 Å². The minimum Gasteiger partial charge on any atom is -0.492 e. The molecule has 0 aliphatic carbocycles. The van der Waals surface area contributed by atoms with Crippen LogP contribution in [0.15, 0.2) is 48.5 Å². The summed E-state index contributed by atoms with van der Waals surface area (Å²) >= 11 is 6.07. The molecule has 7 nitrogen and oxygen atoms in total. The first-order valence-electron chi connectivity index (χ1n) is 13.8. The molecule has 0 saturated carbocycles. The van der Waals surface area contributed by atoms with Crippen LogP contribution in [0.3, 0.4) is 0 Å². The Labute approximate surface area is 232 Å². The van der Waals surface area contributed by atoms with Crippen LogP contribution < -0.4 is 20.7 Å². The van der Waals surface area contributed by atoms with Gasteiger partial charge >= 0.3 is 0 Å². The van der Waals surface area contributed by atoms with Crippen molar-refractivity contribution in [2.45, 2.75) is 64.6 Å². The van der Waals surface area contributed by atoms with Crippen molar-refractivity contribution >= 4 is 23.4 Å². The van der Waals surface area contributed by atoms with Gasteiger partial charge in [0.25, 0.3) is 0 Å². The third-order valence-corrected chi connectivity index (χ3v) is 7.67. The number of fused-ring (bicyclic) bond motifs is 1. The topological polar surface area (TPSA) is 82.7 Å². The summed E-state index contributed by atoms with van der Waals surface area (Å²) in [4.78, 5) is 28.4. The summed E-state index contributed by atoms with van der Waals surface area (Å²) < 4.78 is 6.11. The molecule has 3 N–H and O–H groups in total. The molecule has 1 heterocycles. The molecule has 3 rings (SSSR count). The van der Waals surface area contributed by atoms with Crippen LogP contribution in [0.4, 0.5) is 0 Å². The van der Waals surface area contributed by atoms with E-state index in [1.54, 1.807) is 18.9 Å². The van der Waals surface area contributed by atoms with E-state index < -0.39 is 12.1 Å². The van der Waals surface area contributed by atoms with E-state index in [1.807, 2.05) is 42.5 Å². The molecule has 0 radical (unpaired) electrons. The number of nitrogens with zero attached hydrogens (tertiary/aromatic N) is 1. The zero-order chi connectivity index (χ0) is 27.5. The maximum absolute atomic E-state index is 13.5. The fourth-order valence-electron chi connectivity index (χ4n) is 4.66. The SMILES string of the molecule is CCC(C)[C@@H]1NCCOc2ccccc2CCCNC[C@@H](Cc2ccc(Cl)cc2)NC(=O)[C@@H](C)N(C)C1=O. The molecule has 208 valence electrons. The summed E-state index contributed by atoms with van der Waals surface area (Å²) in [6, 6.07) is 14.7. The second-order valence-corrected chi connectivity index (χ2v) is 10.7. The largest absolute Gasteiger partial charge is 0.492 e. The van der Waals surface area contributed by atoms with Gasteiger partial charge in [0.15, 0.2) is 0 Å². The van der Waals surface area contributed by atoms with Crippen molar-refractivity contribution in [1.29, 1.82) is 0 Å². The number of hydrogen-bond donors (Lipinski definition) is 3. The summed E-state index contributed by atoms with van der Waals surface area (Å²) in [5.41, 5.74) is 2.26. The number of benzene rings is 2. The van der Waals surface area contributed by atoms with E-state index in [0.717, 1.165) is 37.1 Å². The number of carbonyl (C=O) groups is 2. The first-order chi connectivity index (χ1) is 18.3. The van der Waals surface area contributed by atoms with Crippen LogP contribution in [-0.4, -0.2) is 68.1 Å². The molecule has 0 saturated heterocycles. The number of halogens is 1. The summed E-state index contributed by atoms with van der Waals surface area (Å²) in [6.45, 7) is 8.34. The molecule has 1 unspecified atom stereocenters. The highest BCUT2D eigenvalue weighted by atomic mass is 35.5. The van der Waals surface area contributed by atoms with Gasteiger partial charge in [-0.05, 0) is 68.0 Å². The summed E-state index contributed by atoms with van der Waals surface area (Å²) in [5.74, 6) is 0.749. The quantitative estimate of drug-likeness (QED) is 0.547. The molecule has 38 heavy (non-hydrogen) atoms. The lowest BCUT2D eigenvalue weighted by atomic mass is 9.97. The highest BCUT2D eigenvalue weighted by Gasteiger charge is 2.31. The lowest BCUT2D eigenvalue weighted by Crippen LogP contribution is -2.56. The number of nitrogens with one attached hydrogen (secondary N) is 3. The van der Waals surface area contributed by atoms with Gasteiger partial charge in [0.1, 0.15) is 18.4 Å². The van der Waals surface area contributed by atoms with Crippen molar-refractivity contribution in [3.8, 4) is 5.75 Å². The predicted molar refractivity (Wildman–Crippen MR) is 154 cm³/mol. The Hall–Kier alpha value is -2.61. The van der Waals surface area contributed by atoms with Crippen molar-refractivity contribution in [2.24, 2.45) is 5.92 Å². The third-order valence-electron chi connectivity index (χ3n) is 7.42. The van der Waals surface area contributed by atoms with Crippen LogP contribution in [-0.2, 0) is 22.4 Å². The molecule has 1 aliphatic heterocycles. The Balaban J connectivity index is 1.80. The molecule has 1 aliphatic rings. The van der Waals surface area contributed by atoms with Crippen LogP contribution in [0.25, 0.3) is 0 Å². The minimum atomic E-state index is -0.606. The van der Waals surface area contributed by atoms with Gasteiger partial charge in [-0.1, -0.05) is 62.2 Å². The smallest absolute Gasteiger partial charge is 0.242 e. The number of carbonyl (C=O) groups excluding carboxylic acids is 2. The van der Waals surface area contributed by atoms with Gasteiger partial charge < -0.3 is 25.6 Å². The average Bonchev–Trinajstić information content (AvgIpc) is 2.92. The second kappa shape index (κ2) is 15.1. The molecule has 2 aromatic rings. The zero-order valence-corrected chi connectivity index (χ0v) is 23.9. The molecule has 0 aromatic heterocycles. The molecule has 8 heteroatoms. The molecule has 0 spiro atoms. The van der Waals surface area contributed by atoms with E-state index in [0.29, 0.717) is 31.1 Å². The van der Waals surface area contributed by atoms with Gasteiger partial charge in [0, 0.05) is 31.2 Å². The Morgan fingerprint density at radius 3 is 2.58 bits per heavy atom. The highest BCUT2D eigenvalue weighted by Crippen LogP contribution is 2.20. The summed E-state index contributed by atoms with van der Waals surface area (Å²) in [7, 11) is 1.71. The molecule has 4 atom stereocenters. The Morgan fingerprint density at radius 2 is 1.84 bits per heavy atom. The van der Waals surface area contributed by atoms with Gasteiger partial charge in [0.05, 0.1) is 6.04 Å². The van der Waals surface area contributed by atoms with Crippen molar-refractivity contribution in [3.63, 3.8) is 0 Å². The van der Waals surface area contributed by atoms with Crippen molar-refractivity contribution in [1.82, 2.24) is 20.9 Å². The number of rotatable bonds is 4. The summed E-state index contributed by atoms with van der Waals surface area (Å²) in [5, 5.41) is 10.8. The second-order valence-electron chi connectivity index (χ2n) is 10.2. The van der Waals surface area contributed by atoms with Crippen LogP contribution in [0, 0.1) is 5.92 Å². The third kappa shape index (κ3) is 8.72. The number of amides is 2. The van der Waals surface area contributed by atoms with Crippen molar-refractivity contribution < 1.29 is 14.3 Å². The van der Waals surface area contributed by atoms with Crippen LogP contribution >= 0.6 is 11.6 Å². The maximum Gasteiger partial charge on any atom is 0.242 e. The average molecular weight is 543 g/mol. The molecule has 0 bridgehead atoms. The van der Waals surface area contributed by atoms with Gasteiger partial charge in [0.2, 0.25) is 11.8 Å².